The number of hydrazine groups is 1. The lowest BCUT2D eigenvalue weighted by molar-refractivity contribution is -0.0123. The molecule has 1 saturated heterocycles. The van der Waals surface area contributed by atoms with E-state index in [2.05, 4.69) is 24.1 Å². The molecular formula is C17H33ClN2. The molecule has 0 spiro atoms. The Hall–Kier alpha value is 0.210. The lowest BCUT2D eigenvalue weighted by atomic mass is 9.78. The molecule has 3 aliphatic rings. The lowest BCUT2D eigenvalue weighted by Gasteiger charge is -2.35. The maximum Gasteiger partial charge on any atom is 0.0286 e. The van der Waals surface area contributed by atoms with Crippen molar-refractivity contribution >= 4 is 12.4 Å². The molecule has 2 unspecified atom stereocenters. The number of rotatable bonds is 2. The summed E-state index contributed by atoms with van der Waals surface area (Å²) < 4.78 is 0. The van der Waals surface area contributed by atoms with Crippen LogP contribution in [0.1, 0.15) is 70.6 Å². The first kappa shape index (κ1) is 16.6. The van der Waals surface area contributed by atoms with E-state index in [0.717, 1.165) is 23.9 Å². The van der Waals surface area contributed by atoms with Crippen molar-refractivity contribution in [2.45, 2.75) is 82.7 Å². The highest BCUT2D eigenvalue weighted by atomic mass is 35.5. The Morgan fingerprint density at radius 2 is 0.950 bits per heavy atom. The summed E-state index contributed by atoms with van der Waals surface area (Å²) >= 11 is 0. The third kappa shape index (κ3) is 3.34. The molecule has 0 radical (unpaired) electrons. The molecule has 2 nitrogen and oxygen atoms in total. The van der Waals surface area contributed by atoms with Gasteiger partial charge in [0.25, 0.3) is 0 Å². The molecule has 0 aromatic heterocycles. The average molecular weight is 301 g/mol. The van der Waals surface area contributed by atoms with Crippen LogP contribution in [0.25, 0.3) is 0 Å². The highest BCUT2D eigenvalue weighted by Crippen LogP contribution is 2.40. The third-order valence-electron chi connectivity index (χ3n) is 6.33. The van der Waals surface area contributed by atoms with Gasteiger partial charge in [-0.2, -0.15) is 0 Å². The van der Waals surface area contributed by atoms with Gasteiger partial charge in [-0.15, -0.1) is 12.4 Å². The number of hydrogen-bond acceptors (Lipinski definition) is 2. The number of nitrogens with zero attached hydrogens (tertiary/aromatic N) is 2. The summed E-state index contributed by atoms with van der Waals surface area (Å²) in [5.74, 6) is 1.96. The molecular weight excluding hydrogens is 268 g/mol. The topological polar surface area (TPSA) is 6.48 Å². The van der Waals surface area contributed by atoms with Gasteiger partial charge in [-0.1, -0.05) is 38.5 Å². The number of hydrogen-bond donors (Lipinski definition) is 0. The fraction of sp³-hybridized carbons (Fsp3) is 1.00. The maximum absolute atomic E-state index is 2.61. The molecule has 0 bridgehead atoms. The summed E-state index contributed by atoms with van der Waals surface area (Å²) in [4.78, 5) is 0. The lowest BCUT2D eigenvalue weighted by Crippen LogP contribution is -2.42. The van der Waals surface area contributed by atoms with Crippen LogP contribution in [0.5, 0.6) is 0 Å². The van der Waals surface area contributed by atoms with Crippen LogP contribution < -0.4 is 0 Å². The van der Waals surface area contributed by atoms with Crippen LogP contribution in [0, 0.1) is 11.8 Å². The van der Waals surface area contributed by atoms with Gasteiger partial charge >= 0.3 is 0 Å². The van der Waals surface area contributed by atoms with Crippen LogP contribution in [-0.2, 0) is 0 Å². The largest absolute Gasteiger partial charge is 0.241 e. The van der Waals surface area contributed by atoms with E-state index in [0.29, 0.717) is 0 Å². The van der Waals surface area contributed by atoms with Crippen molar-refractivity contribution in [1.29, 1.82) is 0 Å². The molecule has 3 heteroatoms. The Balaban J connectivity index is 0.00000147. The van der Waals surface area contributed by atoms with Gasteiger partial charge in [-0.25, -0.2) is 10.0 Å². The highest BCUT2D eigenvalue weighted by molar-refractivity contribution is 5.85. The molecule has 0 N–H and O–H groups in total. The second-order valence-electron chi connectivity index (χ2n) is 7.31. The van der Waals surface area contributed by atoms with Gasteiger partial charge in [0.2, 0.25) is 0 Å². The van der Waals surface area contributed by atoms with Gasteiger partial charge in [0.1, 0.15) is 0 Å². The maximum atomic E-state index is 2.61. The normalized spacial score (nSPS) is 35.1. The molecule has 2 saturated carbocycles. The molecule has 2 aliphatic carbocycles. The van der Waals surface area contributed by atoms with Gasteiger partial charge < -0.3 is 0 Å². The van der Waals surface area contributed by atoms with E-state index < -0.39 is 0 Å². The van der Waals surface area contributed by atoms with Crippen molar-refractivity contribution in [3.63, 3.8) is 0 Å². The Kier molecular flexibility index (Phi) is 6.19. The van der Waals surface area contributed by atoms with E-state index in [-0.39, 0.29) is 12.4 Å². The SMILES string of the molecule is CN1C(C2CCCCC2)CC(C2CCCCC2)N1C.Cl. The van der Waals surface area contributed by atoms with Gasteiger partial charge in [0.05, 0.1) is 0 Å². The van der Waals surface area contributed by atoms with Crippen molar-refractivity contribution in [3.05, 3.63) is 0 Å². The first-order valence-electron chi connectivity index (χ1n) is 8.73. The molecule has 3 fully saturated rings. The van der Waals surface area contributed by atoms with Crippen molar-refractivity contribution in [1.82, 2.24) is 10.0 Å². The minimum Gasteiger partial charge on any atom is -0.241 e. The smallest absolute Gasteiger partial charge is 0.0286 e. The van der Waals surface area contributed by atoms with E-state index in [1.807, 2.05) is 0 Å². The average Bonchev–Trinajstić information content (AvgIpc) is 2.77. The zero-order valence-corrected chi connectivity index (χ0v) is 14.2. The zero-order chi connectivity index (χ0) is 13.2. The summed E-state index contributed by atoms with van der Waals surface area (Å²) in [6.07, 6.45) is 16.3. The van der Waals surface area contributed by atoms with Crippen LogP contribution in [0.15, 0.2) is 0 Å². The summed E-state index contributed by atoms with van der Waals surface area (Å²) in [6.45, 7) is 0. The van der Waals surface area contributed by atoms with E-state index in [1.165, 1.54) is 70.6 Å². The molecule has 1 aliphatic heterocycles. The summed E-state index contributed by atoms with van der Waals surface area (Å²) in [5.41, 5.74) is 0. The Morgan fingerprint density at radius 3 is 1.30 bits per heavy atom. The molecule has 2 atom stereocenters. The van der Waals surface area contributed by atoms with Gasteiger partial charge in [0, 0.05) is 26.2 Å². The molecule has 3 rings (SSSR count). The Morgan fingerprint density at radius 1 is 0.600 bits per heavy atom. The van der Waals surface area contributed by atoms with E-state index >= 15 is 0 Å². The van der Waals surface area contributed by atoms with Gasteiger partial charge in [-0.05, 0) is 43.9 Å². The van der Waals surface area contributed by atoms with Crippen LogP contribution >= 0.6 is 12.4 Å². The van der Waals surface area contributed by atoms with Crippen molar-refractivity contribution in [2.24, 2.45) is 11.8 Å². The zero-order valence-electron chi connectivity index (χ0n) is 13.4. The standard InChI is InChI=1S/C17H32N2.ClH/c1-18-16(14-9-5-3-6-10-14)13-17(19(18)2)15-11-7-4-8-12-15;/h14-17H,3-13H2,1-2H3;1H. The minimum atomic E-state index is 0. The molecule has 0 amide bonds. The van der Waals surface area contributed by atoms with Crippen LogP contribution in [0.4, 0.5) is 0 Å². The van der Waals surface area contributed by atoms with Crippen LogP contribution in [-0.4, -0.2) is 36.2 Å². The Bertz CT molecular complexity index is 257. The molecule has 1 heterocycles. The predicted octanol–water partition coefficient (Wildman–Crippen LogP) is 4.49. The highest BCUT2D eigenvalue weighted by Gasteiger charge is 2.42. The predicted molar refractivity (Wildman–Crippen MR) is 88.1 cm³/mol. The number of halogens is 1. The third-order valence-corrected chi connectivity index (χ3v) is 6.33. The van der Waals surface area contributed by atoms with Crippen molar-refractivity contribution in [2.75, 3.05) is 14.1 Å². The summed E-state index contributed by atoms with van der Waals surface area (Å²) in [6, 6.07) is 1.69. The van der Waals surface area contributed by atoms with Crippen LogP contribution in [0.2, 0.25) is 0 Å². The fourth-order valence-corrected chi connectivity index (χ4v) is 5.05. The first-order valence-corrected chi connectivity index (χ1v) is 8.73. The molecule has 0 aromatic rings. The second-order valence-corrected chi connectivity index (χ2v) is 7.31. The van der Waals surface area contributed by atoms with Crippen molar-refractivity contribution < 1.29 is 0 Å². The fourth-order valence-electron chi connectivity index (χ4n) is 5.05. The quantitative estimate of drug-likeness (QED) is 0.741. The van der Waals surface area contributed by atoms with E-state index in [9.17, 15) is 0 Å². The molecule has 118 valence electrons. The molecule has 20 heavy (non-hydrogen) atoms. The molecule has 0 aromatic carbocycles. The summed E-state index contributed by atoms with van der Waals surface area (Å²) in [5, 5.41) is 5.21. The van der Waals surface area contributed by atoms with Gasteiger partial charge in [-0.3, -0.25) is 0 Å². The Labute approximate surface area is 131 Å². The summed E-state index contributed by atoms with van der Waals surface area (Å²) in [7, 11) is 4.70. The second kappa shape index (κ2) is 7.47. The van der Waals surface area contributed by atoms with E-state index in [4.69, 9.17) is 0 Å². The first-order chi connectivity index (χ1) is 9.27. The minimum absolute atomic E-state index is 0. The van der Waals surface area contributed by atoms with Crippen LogP contribution in [0.3, 0.4) is 0 Å². The monoisotopic (exact) mass is 300 g/mol. The van der Waals surface area contributed by atoms with Gasteiger partial charge in [0.15, 0.2) is 0 Å². The van der Waals surface area contributed by atoms with Crippen molar-refractivity contribution in [3.8, 4) is 0 Å². The van der Waals surface area contributed by atoms with E-state index in [1.54, 1.807) is 0 Å².